The molecule has 0 N–H and O–H groups in total. The number of ether oxygens (including phenoxy) is 3. The molecule has 1 heterocycles. The van der Waals surface area contributed by atoms with E-state index in [4.69, 9.17) is 14.2 Å². The van der Waals surface area contributed by atoms with Crippen molar-refractivity contribution in [2.45, 2.75) is 20.5 Å². The summed E-state index contributed by atoms with van der Waals surface area (Å²) < 4.78 is 17.4. The van der Waals surface area contributed by atoms with Crippen LogP contribution in [-0.2, 0) is 16.1 Å². The van der Waals surface area contributed by atoms with Crippen molar-refractivity contribution in [1.82, 2.24) is 0 Å². The first-order chi connectivity index (χ1) is 16.7. The summed E-state index contributed by atoms with van der Waals surface area (Å²) in [5, 5.41) is 11.0. The largest absolute Gasteiger partial charge is 0.493 e. The van der Waals surface area contributed by atoms with Gasteiger partial charge in [0.05, 0.1) is 16.5 Å². The molecule has 8 nitrogen and oxygen atoms in total. The molecule has 4 rings (SSSR count). The Morgan fingerprint density at radius 3 is 2.51 bits per heavy atom. The normalized spacial score (nSPS) is 14.0. The summed E-state index contributed by atoms with van der Waals surface area (Å²) in [5.74, 6) is 0.490. The van der Waals surface area contributed by atoms with E-state index in [0.29, 0.717) is 39.3 Å². The smallest absolute Gasteiger partial charge is 0.363 e. The molecule has 0 radical (unpaired) electrons. The maximum absolute atomic E-state index is 12.4. The Bertz CT molecular complexity index is 1380. The quantitative estimate of drug-likeness (QED) is 0.161. The molecular weight excluding hydrogens is 516 g/mol. The highest BCUT2D eigenvalue weighted by atomic mass is 79.9. The highest BCUT2D eigenvalue weighted by Crippen LogP contribution is 2.38. The molecule has 0 unspecified atom stereocenters. The van der Waals surface area contributed by atoms with Crippen LogP contribution in [0.3, 0.4) is 0 Å². The maximum atomic E-state index is 12.4. The molecule has 0 amide bonds. The van der Waals surface area contributed by atoms with Gasteiger partial charge >= 0.3 is 5.97 Å². The number of halogens is 1. The third kappa shape index (κ3) is 5.41. The van der Waals surface area contributed by atoms with Gasteiger partial charge in [0.15, 0.2) is 17.2 Å². The number of rotatable bonds is 7. The van der Waals surface area contributed by atoms with E-state index < -0.39 is 10.9 Å². The van der Waals surface area contributed by atoms with Crippen LogP contribution in [0.4, 0.5) is 5.69 Å². The molecule has 0 saturated carbocycles. The first kappa shape index (κ1) is 24.2. The number of benzene rings is 3. The Balaban J connectivity index is 1.58. The first-order valence-corrected chi connectivity index (χ1v) is 11.4. The van der Waals surface area contributed by atoms with Gasteiger partial charge in [-0.25, -0.2) is 9.79 Å². The Morgan fingerprint density at radius 2 is 1.86 bits per heavy atom. The van der Waals surface area contributed by atoms with E-state index in [0.717, 1.165) is 5.56 Å². The zero-order valence-electron chi connectivity index (χ0n) is 19.2. The third-order valence-electron chi connectivity index (χ3n) is 5.32. The van der Waals surface area contributed by atoms with Crippen LogP contribution in [0.1, 0.15) is 27.8 Å². The molecule has 0 aromatic heterocycles. The highest BCUT2D eigenvalue weighted by molar-refractivity contribution is 9.10. The van der Waals surface area contributed by atoms with Gasteiger partial charge < -0.3 is 14.2 Å². The van der Waals surface area contributed by atoms with Crippen molar-refractivity contribution in [3.8, 4) is 11.5 Å². The van der Waals surface area contributed by atoms with Crippen LogP contribution in [0.2, 0.25) is 0 Å². The van der Waals surface area contributed by atoms with E-state index in [1.54, 1.807) is 31.2 Å². The molecule has 3 aromatic carbocycles. The van der Waals surface area contributed by atoms with Gasteiger partial charge in [-0.1, -0.05) is 29.8 Å². The van der Waals surface area contributed by atoms with Crippen molar-refractivity contribution >= 4 is 39.6 Å². The molecule has 0 fully saturated rings. The number of esters is 1. The Kier molecular flexibility index (Phi) is 6.97. The topological polar surface area (TPSA) is 100 Å². The van der Waals surface area contributed by atoms with Crippen molar-refractivity contribution in [2.75, 3.05) is 7.11 Å². The fraction of sp³-hybridized carbons (Fsp3) is 0.154. The van der Waals surface area contributed by atoms with Gasteiger partial charge in [0.25, 0.3) is 5.69 Å². The van der Waals surface area contributed by atoms with Crippen molar-refractivity contribution in [2.24, 2.45) is 4.99 Å². The Morgan fingerprint density at radius 1 is 1.11 bits per heavy atom. The summed E-state index contributed by atoms with van der Waals surface area (Å²) >= 11 is 3.52. The average Bonchev–Trinajstić information content (AvgIpc) is 3.18. The first-order valence-electron chi connectivity index (χ1n) is 10.6. The van der Waals surface area contributed by atoms with Gasteiger partial charge in [0, 0.05) is 17.2 Å². The number of nitro groups is 1. The zero-order valence-corrected chi connectivity index (χ0v) is 20.8. The third-order valence-corrected chi connectivity index (χ3v) is 5.91. The van der Waals surface area contributed by atoms with Gasteiger partial charge in [-0.2, -0.15) is 0 Å². The fourth-order valence-corrected chi connectivity index (χ4v) is 4.06. The second-order valence-electron chi connectivity index (χ2n) is 7.90. The predicted molar refractivity (Wildman–Crippen MR) is 135 cm³/mol. The van der Waals surface area contributed by atoms with Crippen LogP contribution < -0.4 is 9.47 Å². The van der Waals surface area contributed by atoms with Crippen LogP contribution in [0, 0.1) is 24.0 Å². The van der Waals surface area contributed by atoms with E-state index in [2.05, 4.69) is 20.9 Å². The minimum absolute atomic E-state index is 0.0175. The summed E-state index contributed by atoms with van der Waals surface area (Å²) in [6.07, 6.45) is 1.57. The van der Waals surface area contributed by atoms with Crippen LogP contribution in [0.25, 0.3) is 6.08 Å². The van der Waals surface area contributed by atoms with Crippen LogP contribution in [0.15, 0.2) is 69.8 Å². The van der Waals surface area contributed by atoms with Gasteiger partial charge in [-0.05, 0) is 71.2 Å². The lowest BCUT2D eigenvalue weighted by Gasteiger charge is -2.14. The summed E-state index contributed by atoms with van der Waals surface area (Å²) in [4.78, 5) is 27.3. The van der Waals surface area contributed by atoms with Gasteiger partial charge in [0.2, 0.25) is 5.90 Å². The molecule has 0 saturated heterocycles. The lowest BCUT2D eigenvalue weighted by Crippen LogP contribution is -2.06. The minimum Gasteiger partial charge on any atom is -0.493 e. The SMILES string of the molecule is COc1cc(/C=C2\N=C(c3ccc([N+](=O)[O-])c(C)c3)OC2=O)cc(Br)c1OCc1ccc(C)cc1. The summed E-state index contributed by atoms with van der Waals surface area (Å²) in [6.45, 7) is 4.00. The molecule has 3 aromatic rings. The van der Waals surface area contributed by atoms with E-state index in [-0.39, 0.29) is 17.3 Å². The Hall–Kier alpha value is -3.98. The molecule has 0 spiro atoms. The minimum atomic E-state index is -0.620. The number of methoxy groups -OCH3 is 1. The molecule has 35 heavy (non-hydrogen) atoms. The number of hydrogen-bond acceptors (Lipinski definition) is 7. The predicted octanol–water partition coefficient (Wildman–Crippen LogP) is 5.91. The molecular formula is C26H21BrN2O6. The number of nitro benzene ring substituents is 1. The summed E-state index contributed by atoms with van der Waals surface area (Å²) in [6, 6.07) is 16.0. The van der Waals surface area contributed by atoms with Gasteiger partial charge in [-0.3, -0.25) is 10.1 Å². The van der Waals surface area contributed by atoms with Crippen molar-refractivity contribution in [1.29, 1.82) is 0 Å². The van der Waals surface area contributed by atoms with Gasteiger partial charge in [-0.15, -0.1) is 0 Å². The van der Waals surface area contributed by atoms with Crippen molar-refractivity contribution in [3.05, 3.63) is 103 Å². The molecule has 1 aliphatic heterocycles. The number of aliphatic imine (C=N–C) groups is 1. The van der Waals surface area contributed by atoms with Crippen molar-refractivity contribution < 1.29 is 23.9 Å². The maximum Gasteiger partial charge on any atom is 0.363 e. The summed E-state index contributed by atoms with van der Waals surface area (Å²) in [5.41, 5.74) is 3.84. The Labute approximate surface area is 210 Å². The lowest BCUT2D eigenvalue weighted by atomic mass is 10.1. The molecule has 0 bridgehead atoms. The standard InChI is InChI=1S/C26H21BrN2O6/c1-15-4-6-17(7-5-15)14-34-24-20(27)11-18(13-23(24)33-3)12-21-26(30)35-25(28-21)19-8-9-22(29(31)32)16(2)10-19/h4-13H,14H2,1-3H3/b21-12-. The van der Waals surface area contributed by atoms with Crippen molar-refractivity contribution in [3.63, 3.8) is 0 Å². The molecule has 9 heteroatoms. The van der Waals surface area contributed by atoms with E-state index in [9.17, 15) is 14.9 Å². The number of aryl methyl sites for hydroxylation is 2. The number of hydrogen-bond donors (Lipinski definition) is 0. The molecule has 178 valence electrons. The summed E-state index contributed by atoms with van der Waals surface area (Å²) in [7, 11) is 1.54. The second kappa shape index (κ2) is 10.1. The number of cyclic esters (lactones) is 1. The fourth-order valence-electron chi connectivity index (χ4n) is 3.49. The second-order valence-corrected chi connectivity index (χ2v) is 8.76. The lowest BCUT2D eigenvalue weighted by molar-refractivity contribution is -0.385. The van der Waals surface area contributed by atoms with E-state index >= 15 is 0 Å². The monoisotopic (exact) mass is 536 g/mol. The molecule has 0 atom stereocenters. The average molecular weight is 537 g/mol. The highest BCUT2D eigenvalue weighted by Gasteiger charge is 2.25. The number of carbonyl (C=O) groups excluding carboxylic acids is 1. The number of carbonyl (C=O) groups is 1. The zero-order chi connectivity index (χ0) is 25.1. The molecule has 1 aliphatic rings. The number of nitrogens with zero attached hydrogens (tertiary/aromatic N) is 2. The molecule has 0 aliphatic carbocycles. The van der Waals surface area contributed by atoms with E-state index in [1.165, 1.54) is 24.8 Å². The van der Waals surface area contributed by atoms with Crippen LogP contribution in [0.5, 0.6) is 11.5 Å². The van der Waals surface area contributed by atoms with Crippen LogP contribution in [-0.4, -0.2) is 23.9 Å². The van der Waals surface area contributed by atoms with Crippen LogP contribution >= 0.6 is 15.9 Å². The van der Waals surface area contributed by atoms with Gasteiger partial charge in [0.1, 0.15) is 6.61 Å². The van der Waals surface area contributed by atoms with E-state index in [1.807, 2.05) is 31.2 Å².